The van der Waals surface area contributed by atoms with Gasteiger partial charge < -0.3 is 14.8 Å². The first kappa shape index (κ1) is 16.0. The van der Waals surface area contributed by atoms with Crippen LogP contribution in [0.2, 0.25) is 0 Å². The first-order valence-electron chi connectivity index (χ1n) is 7.87. The van der Waals surface area contributed by atoms with Crippen molar-refractivity contribution in [1.82, 2.24) is 9.97 Å². The third kappa shape index (κ3) is 3.12. The lowest BCUT2D eigenvalue weighted by Crippen LogP contribution is -2.39. The van der Waals surface area contributed by atoms with Gasteiger partial charge in [-0.3, -0.25) is 4.79 Å². The number of nitrogens with one attached hydrogen (secondary N) is 1. The van der Waals surface area contributed by atoms with Gasteiger partial charge in [0.2, 0.25) is 5.88 Å². The molecule has 5 heteroatoms. The van der Waals surface area contributed by atoms with E-state index in [-0.39, 0.29) is 17.4 Å². The van der Waals surface area contributed by atoms with Crippen LogP contribution < -0.4 is 5.56 Å². The Labute approximate surface area is 125 Å². The second-order valence-corrected chi connectivity index (χ2v) is 6.44. The van der Waals surface area contributed by atoms with Crippen LogP contribution in [0.15, 0.2) is 4.79 Å². The van der Waals surface area contributed by atoms with E-state index in [9.17, 15) is 9.90 Å². The van der Waals surface area contributed by atoms with E-state index in [4.69, 9.17) is 4.74 Å². The molecular weight excluding hydrogens is 268 g/mol. The summed E-state index contributed by atoms with van der Waals surface area (Å²) in [6, 6.07) is 0. The van der Waals surface area contributed by atoms with Gasteiger partial charge >= 0.3 is 0 Å². The number of nitrogens with zero attached hydrogens (tertiary/aromatic N) is 1. The Morgan fingerprint density at radius 3 is 2.76 bits per heavy atom. The molecule has 0 bridgehead atoms. The minimum absolute atomic E-state index is 0.0661. The molecule has 0 aromatic carbocycles. The molecule has 118 valence electrons. The van der Waals surface area contributed by atoms with Gasteiger partial charge in [0.1, 0.15) is 11.4 Å². The molecule has 1 aromatic rings. The largest absolute Gasteiger partial charge is 0.493 e. The first-order valence-corrected chi connectivity index (χ1v) is 7.87. The average molecular weight is 294 g/mol. The van der Waals surface area contributed by atoms with E-state index in [1.54, 1.807) is 0 Å². The molecule has 2 N–H and O–H groups in total. The third-order valence-corrected chi connectivity index (χ3v) is 4.32. The summed E-state index contributed by atoms with van der Waals surface area (Å²) in [6.07, 6.45) is 3.85. The van der Waals surface area contributed by atoms with Crippen molar-refractivity contribution in [2.45, 2.75) is 64.9 Å². The maximum absolute atomic E-state index is 12.3. The zero-order chi connectivity index (χ0) is 15.6. The molecule has 0 spiro atoms. The van der Waals surface area contributed by atoms with Gasteiger partial charge in [0, 0.05) is 6.61 Å². The fourth-order valence-electron chi connectivity index (χ4n) is 3.40. The smallest absolute Gasteiger partial charge is 0.258 e. The molecule has 1 saturated carbocycles. The molecule has 0 amide bonds. The van der Waals surface area contributed by atoms with Crippen molar-refractivity contribution in [1.29, 1.82) is 0 Å². The number of aromatic hydroxyl groups is 1. The van der Waals surface area contributed by atoms with Gasteiger partial charge in [-0.15, -0.1) is 0 Å². The zero-order valence-corrected chi connectivity index (χ0v) is 13.4. The lowest BCUT2D eigenvalue weighted by atomic mass is 9.78. The Morgan fingerprint density at radius 1 is 1.52 bits per heavy atom. The predicted octanol–water partition coefficient (Wildman–Crippen LogP) is 3.04. The highest BCUT2D eigenvalue weighted by Crippen LogP contribution is 2.41. The Hall–Kier alpha value is -1.36. The normalized spacial score (nSPS) is 26.2. The number of rotatable bonds is 4. The van der Waals surface area contributed by atoms with E-state index in [1.807, 2.05) is 20.8 Å². The summed E-state index contributed by atoms with van der Waals surface area (Å²) in [5, 5.41) is 10.1. The topological polar surface area (TPSA) is 75.2 Å². The monoisotopic (exact) mass is 294 g/mol. The van der Waals surface area contributed by atoms with Gasteiger partial charge in [0.05, 0.1) is 5.56 Å². The van der Waals surface area contributed by atoms with Gasteiger partial charge in [0.25, 0.3) is 5.56 Å². The summed E-state index contributed by atoms with van der Waals surface area (Å²) in [5.74, 6) is 0.759. The molecule has 1 aliphatic carbocycles. The van der Waals surface area contributed by atoms with Crippen molar-refractivity contribution in [3.8, 4) is 5.88 Å². The van der Waals surface area contributed by atoms with Crippen LogP contribution in [0, 0.1) is 5.92 Å². The molecule has 2 unspecified atom stereocenters. The number of H-pyrrole nitrogens is 1. The Kier molecular flexibility index (Phi) is 4.71. The molecule has 2 rings (SSSR count). The van der Waals surface area contributed by atoms with Gasteiger partial charge in [-0.25, -0.2) is 0 Å². The third-order valence-electron chi connectivity index (χ3n) is 4.32. The van der Waals surface area contributed by atoms with Crippen LogP contribution in [-0.4, -0.2) is 21.7 Å². The molecular formula is C16H26N2O3. The van der Waals surface area contributed by atoms with E-state index < -0.39 is 5.60 Å². The van der Waals surface area contributed by atoms with Gasteiger partial charge in [-0.2, -0.15) is 4.98 Å². The van der Waals surface area contributed by atoms with Crippen LogP contribution in [-0.2, 0) is 10.3 Å². The summed E-state index contributed by atoms with van der Waals surface area (Å²) in [5.41, 5.74) is -0.488. The van der Waals surface area contributed by atoms with Crippen LogP contribution >= 0.6 is 0 Å². The second-order valence-electron chi connectivity index (χ2n) is 6.44. The molecule has 0 aliphatic heterocycles. The maximum Gasteiger partial charge on any atom is 0.258 e. The molecule has 1 fully saturated rings. The average Bonchev–Trinajstić information content (AvgIpc) is 2.37. The lowest BCUT2D eigenvalue weighted by Gasteiger charge is -2.38. The fourth-order valence-corrected chi connectivity index (χ4v) is 3.40. The number of aromatic nitrogens is 2. The molecule has 1 heterocycles. The fraction of sp³-hybridized carbons (Fsp3) is 0.750. The van der Waals surface area contributed by atoms with E-state index in [0.29, 0.717) is 23.9 Å². The summed E-state index contributed by atoms with van der Waals surface area (Å²) >= 11 is 0. The highest BCUT2D eigenvalue weighted by Gasteiger charge is 2.40. The van der Waals surface area contributed by atoms with Crippen LogP contribution in [0.3, 0.4) is 0 Å². The minimum Gasteiger partial charge on any atom is -0.493 e. The standard InChI is InChI=1S/C16H26N2O3/c1-5-21-16(8-6-7-11(4)9-16)15-17-13(19)12(10(2)3)14(20)18-15/h10-11H,5-9H2,1-4H3,(H2,17,18,19,20). The van der Waals surface area contributed by atoms with E-state index in [0.717, 1.165) is 25.7 Å². The minimum atomic E-state index is -0.571. The van der Waals surface area contributed by atoms with Gasteiger partial charge in [-0.05, 0) is 38.0 Å². The molecule has 0 radical (unpaired) electrons. The van der Waals surface area contributed by atoms with Gasteiger partial charge in [0.15, 0.2) is 0 Å². The van der Waals surface area contributed by atoms with E-state index in [1.165, 1.54) is 0 Å². The molecule has 0 saturated heterocycles. The highest BCUT2D eigenvalue weighted by molar-refractivity contribution is 5.27. The van der Waals surface area contributed by atoms with Crippen LogP contribution in [0.5, 0.6) is 5.88 Å². The van der Waals surface area contributed by atoms with Crippen molar-refractivity contribution >= 4 is 0 Å². The number of hydrogen-bond donors (Lipinski definition) is 2. The SMILES string of the molecule is CCOC1(c2nc(O)c(C(C)C)c(=O)[nH]2)CCCC(C)C1. The number of ether oxygens (including phenoxy) is 1. The predicted molar refractivity (Wildman–Crippen MR) is 81.5 cm³/mol. The Morgan fingerprint density at radius 2 is 2.24 bits per heavy atom. The van der Waals surface area contributed by atoms with Crippen molar-refractivity contribution in [3.63, 3.8) is 0 Å². The van der Waals surface area contributed by atoms with Crippen molar-refractivity contribution < 1.29 is 9.84 Å². The van der Waals surface area contributed by atoms with E-state index in [2.05, 4.69) is 16.9 Å². The summed E-state index contributed by atoms with van der Waals surface area (Å²) in [6.45, 7) is 8.43. The van der Waals surface area contributed by atoms with E-state index >= 15 is 0 Å². The molecule has 1 aliphatic rings. The molecule has 5 nitrogen and oxygen atoms in total. The zero-order valence-electron chi connectivity index (χ0n) is 13.4. The van der Waals surface area contributed by atoms with Crippen LogP contribution in [0.1, 0.15) is 70.7 Å². The van der Waals surface area contributed by atoms with Crippen LogP contribution in [0.4, 0.5) is 0 Å². The highest BCUT2D eigenvalue weighted by atomic mass is 16.5. The van der Waals surface area contributed by atoms with Crippen molar-refractivity contribution in [2.24, 2.45) is 5.92 Å². The summed E-state index contributed by atoms with van der Waals surface area (Å²) in [4.78, 5) is 19.4. The van der Waals surface area contributed by atoms with Crippen LogP contribution in [0.25, 0.3) is 0 Å². The lowest BCUT2D eigenvalue weighted by molar-refractivity contribution is -0.0885. The summed E-state index contributed by atoms with van der Waals surface area (Å²) in [7, 11) is 0. The van der Waals surface area contributed by atoms with Crippen molar-refractivity contribution in [2.75, 3.05) is 6.61 Å². The molecule has 1 aromatic heterocycles. The Balaban J connectivity index is 2.49. The quantitative estimate of drug-likeness (QED) is 0.895. The summed E-state index contributed by atoms with van der Waals surface area (Å²) < 4.78 is 5.99. The Bertz CT molecular complexity index is 549. The number of aromatic amines is 1. The second kappa shape index (κ2) is 6.18. The number of hydrogen-bond acceptors (Lipinski definition) is 4. The van der Waals surface area contributed by atoms with Gasteiger partial charge in [-0.1, -0.05) is 27.2 Å². The molecule has 21 heavy (non-hydrogen) atoms. The maximum atomic E-state index is 12.3. The molecule has 2 atom stereocenters. The first-order chi connectivity index (χ1) is 9.89. The van der Waals surface area contributed by atoms with Crippen molar-refractivity contribution in [3.05, 3.63) is 21.7 Å².